The Labute approximate surface area is 189 Å². The molecule has 4 rings (SSSR count). The lowest BCUT2D eigenvalue weighted by Gasteiger charge is -2.49. The van der Waals surface area contributed by atoms with E-state index in [4.69, 9.17) is 4.74 Å². The van der Waals surface area contributed by atoms with Gasteiger partial charge in [-0.2, -0.15) is 13.2 Å². The molecule has 1 N–H and O–H groups in total. The molecule has 2 aromatic rings. The van der Waals surface area contributed by atoms with Crippen LogP contribution in [0.25, 0.3) is 0 Å². The zero-order chi connectivity index (χ0) is 23.6. The van der Waals surface area contributed by atoms with Crippen molar-refractivity contribution in [2.24, 2.45) is 5.92 Å². The average molecular weight is 462 g/mol. The maximum atomic E-state index is 13.0. The number of benzene rings is 2. The Balaban J connectivity index is 1.72. The summed E-state index contributed by atoms with van der Waals surface area (Å²) in [5, 5.41) is 9.76. The fraction of sp³-hybridized carbons (Fsp3) is 0.417. The number of carbonyl (C=O) groups excluding carboxylic acids is 1. The highest BCUT2D eigenvalue weighted by Crippen LogP contribution is 2.40. The van der Waals surface area contributed by atoms with Crippen LogP contribution < -0.4 is 4.90 Å². The van der Waals surface area contributed by atoms with Gasteiger partial charge in [0.15, 0.2) is 0 Å². The molecule has 2 saturated heterocycles. The van der Waals surface area contributed by atoms with Gasteiger partial charge < -0.3 is 19.5 Å². The monoisotopic (exact) mass is 462 g/mol. The molecule has 33 heavy (non-hydrogen) atoms. The topological polar surface area (TPSA) is 70.1 Å². The van der Waals surface area contributed by atoms with Gasteiger partial charge in [0.25, 0.3) is 0 Å². The predicted octanol–water partition coefficient (Wildman–Crippen LogP) is 3.87. The number of aromatic carboxylic acids is 1. The number of anilines is 1. The first-order valence-electron chi connectivity index (χ1n) is 10.8. The van der Waals surface area contributed by atoms with Gasteiger partial charge in [-0.3, -0.25) is 4.90 Å². The number of carbonyl (C=O) groups is 2. The van der Waals surface area contributed by atoms with Crippen molar-refractivity contribution in [3.8, 4) is 0 Å². The van der Waals surface area contributed by atoms with Crippen molar-refractivity contribution in [2.45, 2.75) is 24.7 Å². The first-order valence-corrected chi connectivity index (χ1v) is 10.8. The minimum absolute atomic E-state index is 0.145. The van der Waals surface area contributed by atoms with E-state index in [0.29, 0.717) is 50.5 Å². The predicted molar refractivity (Wildman–Crippen MR) is 115 cm³/mol. The van der Waals surface area contributed by atoms with Crippen molar-refractivity contribution in [3.05, 3.63) is 65.2 Å². The summed E-state index contributed by atoms with van der Waals surface area (Å²) in [5.41, 5.74) is 0.552. The average Bonchev–Trinajstić information content (AvgIpc) is 2.83. The number of carboxylic acids is 1. The van der Waals surface area contributed by atoms with Crippen LogP contribution in [0, 0.1) is 5.92 Å². The van der Waals surface area contributed by atoms with Gasteiger partial charge in [-0.05, 0) is 36.2 Å². The Hall–Kier alpha value is -2.91. The Kier molecular flexibility index (Phi) is 6.71. The molecule has 2 fully saturated rings. The van der Waals surface area contributed by atoms with Gasteiger partial charge in [-0.25, -0.2) is 4.79 Å². The number of alkyl halides is 3. The quantitative estimate of drug-likeness (QED) is 0.681. The molecule has 0 radical (unpaired) electrons. The number of piperidine rings is 1. The fourth-order valence-corrected chi connectivity index (χ4v) is 4.81. The number of hydrogen-bond acceptors (Lipinski definition) is 5. The number of hydrogen-bond donors (Lipinski definition) is 1. The highest BCUT2D eigenvalue weighted by molar-refractivity contribution is 5.94. The molecule has 0 aromatic heterocycles. The molecule has 3 atom stereocenters. The molecule has 2 aliphatic heterocycles. The van der Waals surface area contributed by atoms with Crippen LogP contribution in [0.4, 0.5) is 18.9 Å². The van der Waals surface area contributed by atoms with E-state index in [1.807, 2.05) is 4.90 Å². The lowest BCUT2D eigenvalue weighted by molar-refractivity contribution is -0.137. The summed E-state index contributed by atoms with van der Waals surface area (Å²) in [5.74, 6) is -1.85. The van der Waals surface area contributed by atoms with Gasteiger partial charge in [0.1, 0.15) is 6.29 Å². The molecule has 2 aromatic carbocycles. The van der Waals surface area contributed by atoms with Gasteiger partial charge >= 0.3 is 12.1 Å². The zero-order valence-corrected chi connectivity index (χ0v) is 17.9. The second-order valence-electron chi connectivity index (χ2n) is 8.37. The number of halogens is 3. The van der Waals surface area contributed by atoms with Gasteiger partial charge in [0.05, 0.1) is 36.2 Å². The van der Waals surface area contributed by atoms with E-state index in [1.54, 1.807) is 18.2 Å². The fourth-order valence-electron chi connectivity index (χ4n) is 4.81. The summed E-state index contributed by atoms with van der Waals surface area (Å²) in [7, 11) is 0. The third-order valence-corrected chi connectivity index (χ3v) is 6.50. The van der Waals surface area contributed by atoms with Gasteiger partial charge in [-0.15, -0.1) is 0 Å². The highest BCUT2D eigenvalue weighted by Gasteiger charge is 2.41. The molecular formula is C24H25F3N2O4. The van der Waals surface area contributed by atoms with E-state index in [0.717, 1.165) is 18.4 Å². The Morgan fingerprint density at radius 3 is 2.33 bits per heavy atom. The lowest BCUT2D eigenvalue weighted by Crippen LogP contribution is -2.58. The van der Waals surface area contributed by atoms with Crippen LogP contribution in [0.1, 0.15) is 33.8 Å². The van der Waals surface area contributed by atoms with E-state index in [9.17, 15) is 27.9 Å². The maximum absolute atomic E-state index is 13.0. The van der Waals surface area contributed by atoms with Crippen molar-refractivity contribution in [2.75, 3.05) is 37.7 Å². The molecule has 0 amide bonds. The SMILES string of the molecule is O=CC1C[C@@H](N2CCOCC2)N(c2ccccc2C(=O)O)CC1c1ccc(C(F)(F)F)cc1. The van der Waals surface area contributed by atoms with Crippen LogP contribution in [0.2, 0.25) is 0 Å². The number of rotatable bonds is 5. The minimum atomic E-state index is -4.44. The third kappa shape index (κ3) is 4.89. The molecule has 0 aliphatic carbocycles. The molecule has 0 bridgehead atoms. The molecular weight excluding hydrogens is 437 g/mol. The number of para-hydroxylation sites is 1. The molecule has 6 nitrogen and oxygen atoms in total. The van der Waals surface area contributed by atoms with Crippen LogP contribution in [0.5, 0.6) is 0 Å². The molecule has 0 saturated carbocycles. The van der Waals surface area contributed by atoms with E-state index >= 15 is 0 Å². The number of morpholine rings is 1. The number of ether oxygens (including phenoxy) is 1. The Morgan fingerprint density at radius 2 is 1.73 bits per heavy atom. The largest absolute Gasteiger partial charge is 0.478 e. The van der Waals surface area contributed by atoms with E-state index in [2.05, 4.69) is 4.90 Å². The second-order valence-corrected chi connectivity index (χ2v) is 8.37. The molecule has 2 aliphatic rings. The van der Waals surface area contributed by atoms with E-state index in [-0.39, 0.29) is 17.6 Å². The maximum Gasteiger partial charge on any atom is 0.416 e. The van der Waals surface area contributed by atoms with Crippen LogP contribution in [0.3, 0.4) is 0 Å². The number of carboxylic acid groups (broad SMARTS) is 1. The van der Waals surface area contributed by atoms with Crippen LogP contribution in [0.15, 0.2) is 48.5 Å². The summed E-state index contributed by atoms with van der Waals surface area (Å²) in [6.45, 7) is 2.68. The first kappa shape index (κ1) is 23.3. The van der Waals surface area contributed by atoms with Crippen molar-refractivity contribution >= 4 is 17.9 Å². The summed E-state index contributed by atoms with van der Waals surface area (Å²) >= 11 is 0. The zero-order valence-electron chi connectivity index (χ0n) is 17.9. The van der Waals surface area contributed by atoms with E-state index < -0.39 is 23.6 Å². The van der Waals surface area contributed by atoms with Gasteiger partial charge in [0.2, 0.25) is 0 Å². The normalized spacial score (nSPS) is 24.5. The molecule has 9 heteroatoms. The van der Waals surface area contributed by atoms with Crippen molar-refractivity contribution in [3.63, 3.8) is 0 Å². The van der Waals surface area contributed by atoms with Gasteiger partial charge in [0, 0.05) is 31.5 Å². The van der Waals surface area contributed by atoms with Gasteiger partial charge in [-0.1, -0.05) is 24.3 Å². The standard InChI is InChI=1S/C24H25F3N2O4/c25-24(26,27)18-7-5-16(6-8-18)20-14-29(21-4-2-1-3-19(21)23(31)32)22(13-17(20)15-30)28-9-11-33-12-10-28/h1-8,15,17,20,22H,9-14H2,(H,31,32)/t17?,20?,22-/m0/s1. The Bertz CT molecular complexity index is 990. The summed E-state index contributed by atoms with van der Waals surface area (Å²) in [6, 6.07) is 11.6. The van der Waals surface area contributed by atoms with E-state index in [1.165, 1.54) is 18.2 Å². The van der Waals surface area contributed by atoms with Crippen molar-refractivity contribution in [1.29, 1.82) is 0 Å². The number of aldehydes is 1. The summed E-state index contributed by atoms with van der Waals surface area (Å²) < 4.78 is 44.5. The van der Waals surface area contributed by atoms with Crippen LogP contribution >= 0.6 is 0 Å². The van der Waals surface area contributed by atoms with Crippen LogP contribution in [-0.2, 0) is 15.7 Å². The molecule has 0 spiro atoms. The summed E-state index contributed by atoms with van der Waals surface area (Å²) in [6.07, 6.45) is -3.36. The Morgan fingerprint density at radius 1 is 1.06 bits per heavy atom. The minimum Gasteiger partial charge on any atom is -0.478 e. The highest BCUT2D eigenvalue weighted by atomic mass is 19.4. The first-order chi connectivity index (χ1) is 15.8. The number of nitrogens with zero attached hydrogens (tertiary/aromatic N) is 2. The van der Waals surface area contributed by atoms with Crippen molar-refractivity contribution < 1.29 is 32.6 Å². The summed E-state index contributed by atoms with van der Waals surface area (Å²) in [4.78, 5) is 28.2. The van der Waals surface area contributed by atoms with Crippen molar-refractivity contribution in [1.82, 2.24) is 4.90 Å². The molecule has 2 unspecified atom stereocenters. The third-order valence-electron chi connectivity index (χ3n) is 6.50. The molecule has 176 valence electrons. The molecule has 2 heterocycles. The second kappa shape index (κ2) is 9.52. The van der Waals surface area contributed by atoms with Crippen LogP contribution in [-0.4, -0.2) is 61.3 Å². The lowest BCUT2D eigenvalue weighted by atomic mass is 9.79. The smallest absolute Gasteiger partial charge is 0.416 e.